The summed E-state index contributed by atoms with van der Waals surface area (Å²) in [6.07, 6.45) is 2.23. The summed E-state index contributed by atoms with van der Waals surface area (Å²) in [7, 11) is 0. The first-order chi connectivity index (χ1) is 16.1. The van der Waals surface area contributed by atoms with Crippen LogP contribution in [0.3, 0.4) is 0 Å². The van der Waals surface area contributed by atoms with Crippen molar-refractivity contribution in [2.24, 2.45) is 0 Å². The van der Waals surface area contributed by atoms with E-state index in [1.165, 1.54) is 11.8 Å². The second kappa shape index (κ2) is 10.7. The lowest BCUT2D eigenvalue weighted by Crippen LogP contribution is -2.38. The Balaban J connectivity index is 1.63. The Morgan fingerprint density at radius 1 is 1.18 bits per heavy atom. The third kappa shape index (κ3) is 5.33. The van der Waals surface area contributed by atoms with Gasteiger partial charge >= 0.3 is 0 Å². The van der Waals surface area contributed by atoms with Crippen molar-refractivity contribution < 1.29 is 14.3 Å². The number of hydrogen-bond donors (Lipinski definition) is 1. The molecule has 0 saturated carbocycles. The Morgan fingerprint density at radius 2 is 1.94 bits per heavy atom. The summed E-state index contributed by atoms with van der Waals surface area (Å²) in [6, 6.07) is 14.8. The number of hydrogen-bond acceptors (Lipinski definition) is 6. The zero-order valence-corrected chi connectivity index (χ0v) is 19.8. The number of thioether (sulfide) groups is 1. The number of nitrogens with zero attached hydrogens (tertiary/aromatic N) is 2. The van der Waals surface area contributed by atoms with Crippen molar-refractivity contribution in [3.8, 4) is 11.5 Å². The average molecular weight is 468 g/mol. The number of benzene rings is 2. The number of amides is 1. The molecule has 1 aromatic heterocycles. The van der Waals surface area contributed by atoms with Gasteiger partial charge < -0.3 is 14.8 Å². The summed E-state index contributed by atoms with van der Waals surface area (Å²) in [4.78, 5) is 30.9. The van der Waals surface area contributed by atoms with Crippen LogP contribution in [0.1, 0.15) is 33.1 Å². The third-order valence-corrected chi connectivity index (χ3v) is 6.88. The van der Waals surface area contributed by atoms with Crippen molar-refractivity contribution >= 4 is 28.6 Å². The molecule has 33 heavy (non-hydrogen) atoms. The molecule has 3 aromatic rings. The van der Waals surface area contributed by atoms with E-state index >= 15 is 0 Å². The Kier molecular flexibility index (Phi) is 7.54. The number of fused-ring (bicyclic) bond motifs is 2. The van der Waals surface area contributed by atoms with Crippen LogP contribution in [0, 0.1) is 0 Å². The molecule has 2 aromatic carbocycles. The smallest absolute Gasteiger partial charge is 0.262 e. The van der Waals surface area contributed by atoms with E-state index in [-0.39, 0.29) is 29.4 Å². The number of para-hydroxylation sites is 3. The molecule has 0 unspecified atom stereocenters. The zero-order chi connectivity index (χ0) is 23.2. The lowest BCUT2D eigenvalue weighted by molar-refractivity contribution is -0.120. The molecule has 2 heterocycles. The molecule has 0 fully saturated rings. The highest BCUT2D eigenvalue weighted by atomic mass is 32.2. The first kappa shape index (κ1) is 23.2. The predicted molar refractivity (Wildman–Crippen MR) is 130 cm³/mol. The minimum absolute atomic E-state index is 0.0314. The Morgan fingerprint density at radius 3 is 2.73 bits per heavy atom. The number of rotatable bonds is 9. The summed E-state index contributed by atoms with van der Waals surface area (Å²) in [6.45, 7) is 5.31. The van der Waals surface area contributed by atoms with Crippen molar-refractivity contribution in [1.29, 1.82) is 0 Å². The Bertz CT molecular complexity index is 1180. The number of nitrogens with one attached hydrogen (secondary N) is 1. The van der Waals surface area contributed by atoms with Crippen LogP contribution in [0.4, 0.5) is 0 Å². The van der Waals surface area contributed by atoms with E-state index in [9.17, 15) is 9.59 Å². The van der Waals surface area contributed by atoms with Crippen molar-refractivity contribution in [1.82, 2.24) is 14.9 Å². The summed E-state index contributed by atoms with van der Waals surface area (Å²) in [5.74, 6) is 1.32. The highest BCUT2D eigenvalue weighted by Gasteiger charge is 2.26. The fraction of sp³-hybridized carbons (Fsp3) is 0.400. The maximum atomic E-state index is 13.4. The second-order valence-corrected chi connectivity index (χ2v) is 9.15. The van der Waals surface area contributed by atoms with E-state index in [0.717, 1.165) is 12.8 Å². The molecule has 0 radical (unpaired) electrons. The van der Waals surface area contributed by atoms with Gasteiger partial charge in [-0.1, -0.05) is 56.3 Å². The molecule has 0 aliphatic carbocycles. The standard InChI is InChI=1S/C25H29N3O4S/c1-3-5-14-26-23(29)22(4-2)33-25-27-19-11-7-6-10-18(19)24(30)28(25)15-17-16-31-20-12-8-9-13-21(20)32-17/h6-13,17,22H,3-5,14-16H2,1-2H3,(H,26,29)/t17-,22-/m1/s1. The molecule has 1 aliphatic heterocycles. The van der Waals surface area contributed by atoms with Gasteiger partial charge in [-0.25, -0.2) is 4.98 Å². The first-order valence-electron chi connectivity index (χ1n) is 11.4. The highest BCUT2D eigenvalue weighted by molar-refractivity contribution is 8.00. The first-order valence-corrected chi connectivity index (χ1v) is 12.3. The molecular formula is C25H29N3O4S. The minimum Gasteiger partial charge on any atom is -0.486 e. The van der Waals surface area contributed by atoms with Crippen LogP contribution in [0.25, 0.3) is 10.9 Å². The largest absolute Gasteiger partial charge is 0.486 e. The second-order valence-electron chi connectivity index (χ2n) is 7.98. The number of carbonyl (C=O) groups is 1. The van der Waals surface area contributed by atoms with E-state index < -0.39 is 0 Å². The van der Waals surface area contributed by atoms with Crippen LogP contribution < -0.4 is 20.3 Å². The molecule has 8 heteroatoms. The van der Waals surface area contributed by atoms with Crippen LogP contribution in [-0.4, -0.2) is 40.0 Å². The van der Waals surface area contributed by atoms with Gasteiger partial charge in [-0.05, 0) is 37.1 Å². The summed E-state index contributed by atoms with van der Waals surface area (Å²) in [5.41, 5.74) is 0.473. The van der Waals surface area contributed by atoms with Gasteiger partial charge in [0.25, 0.3) is 5.56 Å². The topological polar surface area (TPSA) is 82.5 Å². The number of aromatic nitrogens is 2. The fourth-order valence-electron chi connectivity index (χ4n) is 3.71. The van der Waals surface area contributed by atoms with Crippen LogP contribution in [0.15, 0.2) is 58.5 Å². The van der Waals surface area contributed by atoms with Gasteiger partial charge in [0.2, 0.25) is 5.91 Å². The quantitative estimate of drug-likeness (QED) is 0.291. The normalized spacial score (nSPS) is 15.9. The molecule has 1 aliphatic rings. The highest BCUT2D eigenvalue weighted by Crippen LogP contribution is 2.32. The zero-order valence-electron chi connectivity index (χ0n) is 19.0. The SMILES string of the molecule is CCCCNC(=O)[C@@H](CC)Sc1nc2ccccc2c(=O)n1C[C@@H]1COc2ccccc2O1. The van der Waals surface area contributed by atoms with Crippen molar-refractivity contribution in [3.05, 3.63) is 58.9 Å². The van der Waals surface area contributed by atoms with Gasteiger partial charge in [-0.2, -0.15) is 0 Å². The predicted octanol–water partition coefficient (Wildman–Crippen LogP) is 4.02. The van der Waals surface area contributed by atoms with Gasteiger partial charge in [0.15, 0.2) is 22.8 Å². The number of unbranched alkanes of at least 4 members (excludes halogenated alkanes) is 1. The van der Waals surface area contributed by atoms with Gasteiger partial charge in [0.05, 0.1) is 22.7 Å². The van der Waals surface area contributed by atoms with Crippen LogP contribution in [0.5, 0.6) is 11.5 Å². The maximum Gasteiger partial charge on any atom is 0.262 e. The Labute approximate surface area is 197 Å². The molecule has 1 amide bonds. The molecule has 0 spiro atoms. The number of carbonyl (C=O) groups excluding carboxylic acids is 1. The molecule has 0 saturated heterocycles. The molecule has 7 nitrogen and oxygen atoms in total. The van der Waals surface area contributed by atoms with Gasteiger partial charge in [-0.3, -0.25) is 14.2 Å². The molecular weight excluding hydrogens is 438 g/mol. The lowest BCUT2D eigenvalue weighted by Gasteiger charge is -2.27. The van der Waals surface area contributed by atoms with Crippen LogP contribution in [-0.2, 0) is 11.3 Å². The van der Waals surface area contributed by atoms with Gasteiger partial charge in [-0.15, -0.1) is 0 Å². The van der Waals surface area contributed by atoms with Crippen molar-refractivity contribution in [2.45, 2.75) is 56.2 Å². The van der Waals surface area contributed by atoms with E-state index in [1.807, 2.05) is 49.4 Å². The molecule has 174 valence electrons. The van der Waals surface area contributed by atoms with Crippen LogP contribution in [0.2, 0.25) is 0 Å². The van der Waals surface area contributed by atoms with Crippen molar-refractivity contribution in [2.75, 3.05) is 13.2 Å². The maximum absolute atomic E-state index is 13.4. The molecule has 0 bridgehead atoms. The van der Waals surface area contributed by atoms with E-state index in [0.29, 0.717) is 47.1 Å². The van der Waals surface area contributed by atoms with Crippen molar-refractivity contribution in [3.63, 3.8) is 0 Å². The van der Waals surface area contributed by atoms with Gasteiger partial charge in [0.1, 0.15) is 6.61 Å². The molecule has 1 N–H and O–H groups in total. The fourth-order valence-corrected chi connectivity index (χ4v) is 4.75. The lowest BCUT2D eigenvalue weighted by atomic mass is 10.2. The summed E-state index contributed by atoms with van der Waals surface area (Å²) >= 11 is 1.33. The molecule has 4 rings (SSSR count). The van der Waals surface area contributed by atoms with E-state index in [4.69, 9.17) is 14.5 Å². The third-order valence-electron chi connectivity index (χ3n) is 5.52. The van der Waals surface area contributed by atoms with E-state index in [2.05, 4.69) is 12.2 Å². The minimum atomic E-state index is -0.349. The Hall–Kier alpha value is -3.00. The number of ether oxygens (including phenoxy) is 2. The average Bonchev–Trinajstić information content (AvgIpc) is 2.84. The van der Waals surface area contributed by atoms with Gasteiger partial charge in [0, 0.05) is 6.54 Å². The van der Waals surface area contributed by atoms with Crippen LogP contribution >= 0.6 is 11.8 Å². The summed E-state index contributed by atoms with van der Waals surface area (Å²) in [5, 5.41) is 3.71. The monoisotopic (exact) mass is 467 g/mol. The summed E-state index contributed by atoms with van der Waals surface area (Å²) < 4.78 is 13.6. The molecule has 2 atom stereocenters. The van der Waals surface area contributed by atoms with E-state index in [1.54, 1.807) is 10.6 Å².